The number of carbonyl (C=O) groups is 2. The molecule has 0 aliphatic carbocycles. The fraction of sp³-hybridized carbons (Fsp3) is 0.333. The molecule has 0 fully saturated rings. The summed E-state index contributed by atoms with van der Waals surface area (Å²) < 4.78 is 5.23. The van der Waals surface area contributed by atoms with E-state index >= 15 is 0 Å². The maximum Gasteiger partial charge on any atom is 0.320 e. The first kappa shape index (κ1) is 13.2. The van der Waals surface area contributed by atoms with Crippen molar-refractivity contribution in [3.8, 4) is 5.75 Å². The van der Waals surface area contributed by atoms with Crippen LogP contribution >= 0.6 is 0 Å². The van der Waals surface area contributed by atoms with Gasteiger partial charge in [-0.2, -0.15) is 0 Å². The van der Waals surface area contributed by atoms with Crippen molar-refractivity contribution in [3.05, 3.63) is 18.2 Å². The maximum absolute atomic E-state index is 11.2. The van der Waals surface area contributed by atoms with Crippen molar-refractivity contribution in [3.63, 3.8) is 0 Å². The van der Waals surface area contributed by atoms with Crippen molar-refractivity contribution < 1.29 is 19.4 Å². The van der Waals surface area contributed by atoms with Gasteiger partial charge in [0.15, 0.2) is 6.61 Å². The molecule has 1 aromatic rings. The average molecular weight is 265 g/mol. The highest BCUT2D eigenvalue weighted by molar-refractivity contribution is 5.96. The molecule has 1 aliphatic rings. The number of hydrogen-bond donors (Lipinski definition) is 4. The molecule has 0 bridgehead atoms. The highest BCUT2D eigenvalue weighted by atomic mass is 16.5. The van der Waals surface area contributed by atoms with Crippen LogP contribution in [-0.4, -0.2) is 36.2 Å². The van der Waals surface area contributed by atoms with Gasteiger partial charge in [-0.1, -0.05) is 0 Å². The van der Waals surface area contributed by atoms with Gasteiger partial charge in [-0.05, 0) is 24.6 Å². The van der Waals surface area contributed by atoms with E-state index in [9.17, 15) is 9.59 Å². The third kappa shape index (κ3) is 3.35. The van der Waals surface area contributed by atoms with E-state index in [4.69, 9.17) is 15.6 Å². The van der Waals surface area contributed by atoms with Crippen LogP contribution in [0.3, 0.4) is 0 Å². The number of carboxylic acid groups (broad SMARTS) is 1. The van der Waals surface area contributed by atoms with Crippen LogP contribution in [0.4, 0.5) is 11.4 Å². The number of carbonyl (C=O) groups excluding carboxylic acids is 1. The Labute approximate surface area is 109 Å². The summed E-state index contributed by atoms with van der Waals surface area (Å²) in [5.41, 5.74) is 6.76. The van der Waals surface area contributed by atoms with Gasteiger partial charge in [0, 0.05) is 12.2 Å². The van der Waals surface area contributed by atoms with Crippen LogP contribution in [-0.2, 0) is 9.59 Å². The van der Waals surface area contributed by atoms with Gasteiger partial charge in [-0.15, -0.1) is 0 Å². The number of hydrogen-bond acceptors (Lipinski definition) is 5. The summed E-state index contributed by atoms with van der Waals surface area (Å²) in [5.74, 6) is -0.599. The molecule has 0 aromatic heterocycles. The summed E-state index contributed by atoms with van der Waals surface area (Å²) >= 11 is 0. The van der Waals surface area contributed by atoms with E-state index in [1.807, 2.05) is 0 Å². The molecular formula is C12H15N3O4. The molecular weight excluding hydrogens is 250 g/mol. The van der Waals surface area contributed by atoms with Gasteiger partial charge >= 0.3 is 5.97 Å². The number of aliphatic carboxylic acids is 1. The number of anilines is 2. The quantitative estimate of drug-likeness (QED) is 0.606. The molecule has 1 aromatic carbocycles. The molecule has 2 rings (SSSR count). The van der Waals surface area contributed by atoms with Gasteiger partial charge in [-0.3, -0.25) is 9.59 Å². The minimum Gasteiger partial charge on any atom is -0.482 e. The van der Waals surface area contributed by atoms with Crippen LogP contribution in [0.15, 0.2) is 18.2 Å². The molecule has 7 heteroatoms. The molecule has 0 saturated heterocycles. The van der Waals surface area contributed by atoms with Crippen LogP contribution in [0.1, 0.15) is 6.42 Å². The second-order valence-corrected chi connectivity index (χ2v) is 4.21. The zero-order valence-electron chi connectivity index (χ0n) is 10.2. The Hall–Kier alpha value is -2.28. The van der Waals surface area contributed by atoms with Crippen molar-refractivity contribution in [2.75, 3.05) is 23.8 Å². The lowest BCUT2D eigenvalue weighted by Crippen LogP contribution is -2.32. The smallest absolute Gasteiger partial charge is 0.320 e. The van der Waals surface area contributed by atoms with E-state index in [1.54, 1.807) is 18.2 Å². The van der Waals surface area contributed by atoms with Gasteiger partial charge in [0.1, 0.15) is 11.8 Å². The number of carboxylic acids is 1. The molecule has 7 nitrogen and oxygen atoms in total. The predicted molar refractivity (Wildman–Crippen MR) is 69.3 cm³/mol. The first-order valence-corrected chi connectivity index (χ1v) is 5.85. The number of benzene rings is 1. The van der Waals surface area contributed by atoms with Gasteiger partial charge in [0.2, 0.25) is 0 Å². The third-order valence-corrected chi connectivity index (χ3v) is 2.71. The highest BCUT2D eigenvalue weighted by Gasteiger charge is 2.16. The molecule has 19 heavy (non-hydrogen) atoms. The van der Waals surface area contributed by atoms with Gasteiger partial charge in [0.05, 0.1) is 5.69 Å². The Balaban J connectivity index is 1.93. The van der Waals surface area contributed by atoms with Crippen molar-refractivity contribution in [1.82, 2.24) is 0 Å². The summed E-state index contributed by atoms with van der Waals surface area (Å²) in [6.07, 6.45) is 0.315. The fourth-order valence-electron chi connectivity index (χ4n) is 1.69. The molecule has 1 unspecified atom stereocenters. The molecule has 102 valence electrons. The van der Waals surface area contributed by atoms with Crippen molar-refractivity contribution in [1.29, 1.82) is 0 Å². The van der Waals surface area contributed by atoms with Crippen LogP contribution in [0, 0.1) is 0 Å². The van der Waals surface area contributed by atoms with Crippen LogP contribution in [0.25, 0.3) is 0 Å². The number of nitrogens with two attached hydrogens (primary N) is 1. The second kappa shape index (κ2) is 5.57. The molecule has 0 saturated carbocycles. The number of amides is 1. The van der Waals surface area contributed by atoms with Crippen LogP contribution < -0.4 is 21.1 Å². The van der Waals surface area contributed by atoms with E-state index in [1.165, 1.54) is 0 Å². The van der Waals surface area contributed by atoms with Crippen LogP contribution in [0.2, 0.25) is 0 Å². The number of fused-ring (bicyclic) bond motifs is 1. The number of rotatable bonds is 5. The number of nitrogens with one attached hydrogen (secondary N) is 2. The summed E-state index contributed by atoms with van der Waals surface area (Å²) in [5, 5.41) is 14.4. The molecule has 0 spiro atoms. The Kier molecular flexibility index (Phi) is 3.86. The Morgan fingerprint density at radius 1 is 1.58 bits per heavy atom. The zero-order valence-corrected chi connectivity index (χ0v) is 10.2. The lowest BCUT2D eigenvalue weighted by atomic mass is 10.2. The minimum atomic E-state index is -1.02. The van der Waals surface area contributed by atoms with E-state index in [2.05, 4.69) is 10.6 Å². The lowest BCUT2D eigenvalue weighted by Gasteiger charge is -2.19. The molecule has 1 heterocycles. The third-order valence-electron chi connectivity index (χ3n) is 2.71. The molecule has 1 atom stereocenters. The predicted octanol–water partition coefficient (Wildman–Crippen LogP) is 0.231. The SMILES string of the molecule is NC(CCNc1ccc2c(c1)NC(=O)CO2)C(=O)O. The van der Waals surface area contributed by atoms with E-state index in [0.29, 0.717) is 24.4 Å². The maximum atomic E-state index is 11.2. The summed E-state index contributed by atoms with van der Waals surface area (Å²) in [6.45, 7) is 0.453. The standard InChI is InChI=1S/C12H15N3O4/c13-8(12(17)18)3-4-14-7-1-2-10-9(5-7)15-11(16)6-19-10/h1-2,5,8,14H,3-4,6,13H2,(H,15,16)(H,17,18). The normalized spacial score (nSPS) is 14.9. The summed E-state index contributed by atoms with van der Waals surface area (Å²) in [7, 11) is 0. The van der Waals surface area contributed by atoms with Crippen LogP contribution in [0.5, 0.6) is 5.75 Å². The van der Waals surface area contributed by atoms with E-state index < -0.39 is 12.0 Å². The lowest BCUT2D eigenvalue weighted by molar-refractivity contribution is -0.138. The largest absolute Gasteiger partial charge is 0.482 e. The number of ether oxygens (including phenoxy) is 1. The van der Waals surface area contributed by atoms with Gasteiger partial charge < -0.3 is 26.2 Å². The second-order valence-electron chi connectivity index (χ2n) is 4.21. The Morgan fingerprint density at radius 2 is 2.37 bits per heavy atom. The monoisotopic (exact) mass is 265 g/mol. The minimum absolute atomic E-state index is 0.0211. The average Bonchev–Trinajstić information content (AvgIpc) is 2.38. The zero-order chi connectivity index (χ0) is 13.8. The fourth-order valence-corrected chi connectivity index (χ4v) is 1.69. The Bertz CT molecular complexity index is 504. The first-order chi connectivity index (χ1) is 9.06. The van der Waals surface area contributed by atoms with Crippen molar-refractivity contribution >= 4 is 23.3 Å². The van der Waals surface area contributed by atoms with E-state index in [-0.39, 0.29) is 12.5 Å². The van der Waals surface area contributed by atoms with Gasteiger partial charge in [0.25, 0.3) is 5.91 Å². The molecule has 1 amide bonds. The molecule has 0 radical (unpaired) electrons. The van der Waals surface area contributed by atoms with Crippen molar-refractivity contribution in [2.24, 2.45) is 5.73 Å². The Morgan fingerprint density at radius 3 is 3.11 bits per heavy atom. The highest BCUT2D eigenvalue weighted by Crippen LogP contribution is 2.30. The molecule has 1 aliphatic heterocycles. The topological polar surface area (TPSA) is 114 Å². The first-order valence-electron chi connectivity index (χ1n) is 5.85. The molecule has 5 N–H and O–H groups in total. The van der Waals surface area contributed by atoms with Gasteiger partial charge in [-0.25, -0.2) is 0 Å². The summed E-state index contributed by atoms with van der Waals surface area (Å²) in [4.78, 5) is 21.7. The summed E-state index contributed by atoms with van der Waals surface area (Å²) in [6, 6.07) is 4.39. The van der Waals surface area contributed by atoms with E-state index in [0.717, 1.165) is 5.69 Å². The van der Waals surface area contributed by atoms with Crippen molar-refractivity contribution in [2.45, 2.75) is 12.5 Å².